The number of nitro benzene ring substituents is 1. The Bertz CT molecular complexity index is 737. The highest BCUT2D eigenvalue weighted by Gasteiger charge is 2.14. The minimum absolute atomic E-state index is 0.160. The van der Waals surface area contributed by atoms with Crippen LogP contribution >= 0.6 is 43.5 Å². The zero-order chi connectivity index (χ0) is 15.6. The first-order chi connectivity index (χ1) is 9.86. The molecule has 8 heteroatoms. The van der Waals surface area contributed by atoms with Crippen LogP contribution in [0.4, 0.5) is 11.4 Å². The molecule has 0 fully saturated rings. The predicted molar refractivity (Wildman–Crippen MR) is 87.9 cm³/mol. The van der Waals surface area contributed by atoms with E-state index in [0.29, 0.717) is 19.7 Å². The van der Waals surface area contributed by atoms with E-state index in [-0.39, 0.29) is 11.3 Å². The fourth-order valence-electron chi connectivity index (χ4n) is 1.59. The molecule has 0 aliphatic rings. The molecular weight excluding hydrogens is 427 g/mol. The van der Waals surface area contributed by atoms with E-state index in [1.54, 1.807) is 18.2 Å². The maximum absolute atomic E-state index is 12.1. The molecule has 0 aromatic heterocycles. The van der Waals surface area contributed by atoms with E-state index in [9.17, 15) is 14.9 Å². The Morgan fingerprint density at radius 2 is 1.90 bits per heavy atom. The molecule has 1 amide bonds. The van der Waals surface area contributed by atoms with E-state index >= 15 is 0 Å². The number of hydrogen-bond acceptors (Lipinski definition) is 3. The quantitative estimate of drug-likeness (QED) is 0.544. The third kappa shape index (κ3) is 4.03. The topological polar surface area (TPSA) is 72.2 Å². The summed E-state index contributed by atoms with van der Waals surface area (Å²) in [5, 5.41) is 14.0. The average molecular weight is 434 g/mol. The van der Waals surface area contributed by atoms with Gasteiger partial charge in [-0.15, -0.1) is 0 Å². The highest BCUT2D eigenvalue weighted by molar-refractivity contribution is 9.10. The number of benzene rings is 2. The molecule has 0 bridgehead atoms. The van der Waals surface area contributed by atoms with Gasteiger partial charge in [-0.05, 0) is 40.2 Å². The van der Waals surface area contributed by atoms with Gasteiger partial charge >= 0.3 is 0 Å². The second-order valence-electron chi connectivity index (χ2n) is 4.04. The monoisotopic (exact) mass is 432 g/mol. The van der Waals surface area contributed by atoms with Gasteiger partial charge in [0.25, 0.3) is 11.6 Å². The molecule has 108 valence electrons. The first-order valence-corrected chi connectivity index (χ1v) is 7.54. The normalized spacial score (nSPS) is 10.2. The Kier molecular flexibility index (Phi) is 4.97. The molecule has 0 saturated heterocycles. The molecule has 0 spiro atoms. The molecule has 1 N–H and O–H groups in total. The molecule has 5 nitrogen and oxygen atoms in total. The van der Waals surface area contributed by atoms with E-state index in [1.165, 1.54) is 18.2 Å². The van der Waals surface area contributed by atoms with Crippen LogP contribution in [0, 0.1) is 10.1 Å². The molecule has 0 unspecified atom stereocenters. The third-order valence-corrected chi connectivity index (χ3v) is 4.20. The van der Waals surface area contributed by atoms with Gasteiger partial charge in [0.05, 0.1) is 9.95 Å². The minimum atomic E-state index is -0.555. The highest BCUT2D eigenvalue weighted by Crippen LogP contribution is 2.26. The molecular formula is C13H7Br2ClN2O3. The van der Waals surface area contributed by atoms with Crippen molar-refractivity contribution in [3.8, 4) is 0 Å². The van der Waals surface area contributed by atoms with Crippen LogP contribution in [0.25, 0.3) is 0 Å². The third-order valence-electron chi connectivity index (χ3n) is 2.53. The van der Waals surface area contributed by atoms with Crippen molar-refractivity contribution in [2.45, 2.75) is 0 Å². The second-order valence-corrected chi connectivity index (χ2v) is 6.22. The molecule has 0 radical (unpaired) electrons. The van der Waals surface area contributed by atoms with Gasteiger partial charge in [0.1, 0.15) is 0 Å². The van der Waals surface area contributed by atoms with Crippen LogP contribution in [0.1, 0.15) is 10.4 Å². The summed E-state index contributed by atoms with van der Waals surface area (Å²) in [7, 11) is 0. The van der Waals surface area contributed by atoms with Gasteiger partial charge in [-0.25, -0.2) is 0 Å². The van der Waals surface area contributed by atoms with Crippen LogP contribution in [0.3, 0.4) is 0 Å². The lowest BCUT2D eigenvalue weighted by molar-refractivity contribution is -0.384. The summed E-state index contributed by atoms with van der Waals surface area (Å²) in [5.74, 6) is -0.450. The van der Waals surface area contributed by atoms with Crippen LogP contribution in [0.2, 0.25) is 5.02 Å². The maximum Gasteiger partial charge on any atom is 0.271 e. The Morgan fingerprint density at radius 1 is 1.19 bits per heavy atom. The number of non-ortho nitro benzene ring substituents is 1. The zero-order valence-electron chi connectivity index (χ0n) is 10.3. The summed E-state index contributed by atoms with van der Waals surface area (Å²) < 4.78 is 1.10. The molecule has 2 aromatic carbocycles. The van der Waals surface area contributed by atoms with Gasteiger partial charge in [0, 0.05) is 32.3 Å². The first-order valence-electron chi connectivity index (χ1n) is 5.58. The van der Waals surface area contributed by atoms with E-state index in [2.05, 4.69) is 37.2 Å². The average Bonchev–Trinajstić information content (AvgIpc) is 2.42. The Morgan fingerprint density at radius 3 is 2.52 bits per heavy atom. The SMILES string of the molecule is O=C(Nc1ccc(Cl)c(Br)c1)c1cc(Br)cc([N+](=O)[O-])c1. The number of anilines is 1. The predicted octanol–water partition coefficient (Wildman–Crippen LogP) is 5.03. The molecule has 2 aromatic rings. The van der Waals surface area contributed by atoms with Crippen molar-refractivity contribution in [2.75, 3.05) is 5.32 Å². The lowest BCUT2D eigenvalue weighted by Gasteiger charge is -2.07. The lowest BCUT2D eigenvalue weighted by atomic mass is 10.2. The van der Waals surface area contributed by atoms with E-state index in [4.69, 9.17) is 11.6 Å². The summed E-state index contributed by atoms with van der Waals surface area (Å²) in [6.45, 7) is 0. The first kappa shape index (κ1) is 15.9. The number of carbonyl (C=O) groups is 1. The molecule has 2 rings (SSSR count). The number of nitrogens with one attached hydrogen (secondary N) is 1. The van der Waals surface area contributed by atoms with Crippen molar-refractivity contribution in [3.63, 3.8) is 0 Å². The van der Waals surface area contributed by atoms with E-state index in [0.717, 1.165) is 0 Å². The number of hydrogen-bond donors (Lipinski definition) is 1. The van der Waals surface area contributed by atoms with Gasteiger partial charge in [0.15, 0.2) is 0 Å². The number of nitro groups is 1. The molecule has 0 aliphatic carbocycles. The summed E-state index contributed by atoms with van der Waals surface area (Å²) >= 11 is 12.3. The molecule has 0 aliphatic heterocycles. The van der Waals surface area contributed by atoms with Crippen molar-refractivity contribution < 1.29 is 9.72 Å². The van der Waals surface area contributed by atoms with Gasteiger partial charge in [-0.3, -0.25) is 14.9 Å². The number of nitrogens with zero attached hydrogens (tertiary/aromatic N) is 1. The number of amides is 1. The molecule has 21 heavy (non-hydrogen) atoms. The standard InChI is InChI=1S/C13H7Br2ClN2O3/c14-8-3-7(4-10(5-8)18(20)21)13(19)17-9-1-2-12(16)11(15)6-9/h1-6H,(H,17,19). The van der Waals surface area contributed by atoms with Crippen LogP contribution in [-0.4, -0.2) is 10.8 Å². The zero-order valence-corrected chi connectivity index (χ0v) is 14.2. The molecule has 0 saturated carbocycles. The smallest absolute Gasteiger partial charge is 0.271 e. The second kappa shape index (κ2) is 6.55. The van der Waals surface area contributed by atoms with Crippen LogP contribution in [-0.2, 0) is 0 Å². The summed E-state index contributed by atoms with van der Waals surface area (Å²) in [5.41, 5.74) is 0.549. The van der Waals surface area contributed by atoms with Gasteiger partial charge in [-0.1, -0.05) is 27.5 Å². The Hall–Kier alpha value is -1.44. The fraction of sp³-hybridized carbons (Fsp3) is 0. The van der Waals surface area contributed by atoms with Crippen molar-refractivity contribution in [3.05, 3.63) is 66.0 Å². The van der Waals surface area contributed by atoms with E-state index in [1.807, 2.05) is 0 Å². The highest BCUT2D eigenvalue weighted by atomic mass is 79.9. The summed E-state index contributed by atoms with van der Waals surface area (Å²) in [6.07, 6.45) is 0. The van der Waals surface area contributed by atoms with Crippen molar-refractivity contribution in [1.82, 2.24) is 0 Å². The molecule has 0 atom stereocenters. The van der Waals surface area contributed by atoms with Crippen molar-refractivity contribution in [1.29, 1.82) is 0 Å². The molecule has 0 heterocycles. The Labute approximate surface area is 141 Å². The van der Waals surface area contributed by atoms with Crippen molar-refractivity contribution in [2.24, 2.45) is 0 Å². The minimum Gasteiger partial charge on any atom is -0.322 e. The fourth-order valence-corrected chi connectivity index (χ4v) is 2.57. The number of rotatable bonds is 3. The largest absolute Gasteiger partial charge is 0.322 e. The van der Waals surface area contributed by atoms with Gasteiger partial charge in [0.2, 0.25) is 0 Å². The van der Waals surface area contributed by atoms with Crippen LogP contribution < -0.4 is 5.32 Å². The lowest BCUT2D eigenvalue weighted by Crippen LogP contribution is -2.12. The Balaban J connectivity index is 2.27. The summed E-state index contributed by atoms with van der Waals surface area (Å²) in [4.78, 5) is 22.4. The number of carbonyl (C=O) groups excluding carboxylic acids is 1. The number of halogens is 3. The van der Waals surface area contributed by atoms with Crippen molar-refractivity contribution >= 4 is 60.7 Å². The van der Waals surface area contributed by atoms with Gasteiger partial charge in [-0.2, -0.15) is 0 Å². The van der Waals surface area contributed by atoms with Crippen LogP contribution in [0.15, 0.2) is 45.3 Å². The maximum atomic E-state index is 12.1. The van der Waals surface area contributed by atoms with Gasteiger partial charge < -0.3 is 5.32 Å². The summed E-state index contributed by atoms with van der Waals surface area (Å²) in [6, 6.07) is 8.96. The van der Waals surface area contributed by atoms with Crippen LogP contribution in [0.5, 0.6) is 0 Å². The van der Waals surface area contributed by atoms with E-state index < -0.39 is 10.8 Å².